The van der Waals surface area contributed by atoms with Gasteiger partial charge in [0.2, 0.25) is 0 Å². The van der Waals surface area contributed by atoms with Gasteiger partial charge >= 0.3 is 6.09 Å². The highest BCUT2D eigenvalue weighted by Crippen LogP contribution is 2.34. The maximum atomic E-state index is 12.4. The van der Waals surface area contributed by atoms with Crippen LogP contribution < -0.4 is 5.32 Å². The van der Waals surface area contributed by atoms with E-state index in [1.165, 1.54) is 0 Å². The van der Waals surface area contributed by atoms with Gasteiger partial charge in [-0.1, -0.05) is 54.1 Å². The summed E-state index contributed by atoms with van der Waals surface area (Å²) in [7, 11) is 0. The van der Waals surface area contributed by atoms with Crippen molar-refractivity contribution in [3.63, 3.8) is 0 Å². The number of alkyl carbamates (subject to hydrolysis) is 1. The Bertz CT molecular complexity index is 894. The van der Waals surface area contributed by atoms with Crippen LogP contribution in [0.15, 0.2) is 54.6 Å². The van der Waals surface area contributed by atoms with Gasteiger partial charge in [-0.25, -0.2) is 4.79 Å². The zero-order valence-electron chi connectivity index (χ0n) is 15.8. The minimum absolute atomic E-state index is 0.0497. The Labute approximate surface area is 169 Å². The summed E-state index contributed by atoms with van der Waals surface area (Å²) >= 11 is 5.92. The number of amides is 1. The molecule has 2 aromatic carbocycles. The number of rotatable bonds is 7. The van der Waals surface area contributed by atoms with E-state index in [1.807, 2.05) is 6.07 Å². The Kier molecular flexibility index (Phi) is 5.84. The molecule has 2 unspecified atom stereocenters. The molecule has 3 rings (SSSR count). The summed E-state index contributed by atoms with van der Waals surface area (Å²) in [6.45, 7) is 3.38. The fraction of sp³-hybridized carbons (Fsp3) is 0.318. The van der Waals surface area contributed by atoms with Crippen LogP contribution >= 0.6 is 11.6 Å². The number of ether oxygens (including phenoxy) is 1. The van der Waals surface area contributed by atoms with Crippen LogP contribution in [0, 0.1) is 5.92 Å². The molecule has 146 valence electrons. The molecule has 5 nitrogen and oxygen atoms in total. The molecule has 1 saturated carbocycles. The number of benzene rings is 2. The van der Waals surface area contributed by atoms with Crippen LogP contribution in [0.4, 0.5) is 4.79 Å². The first kappa shape index (κ1) is 20.1. The lowest BCUT2D eigenvalue weighted by atomic mass is 9.97. The lowest BCUT2D eigenvalue weighted by molar-refractivity contribution is 0.0320. The molecule has 0 bridgehead atoms. The van der Waals surface area contributed by atoms with Gasteiger partial charge in [0, 0.05) is 28.1 Å². The van der Waals surface area contributed by atoms with Crippen LogP contribution in [0.3, 0.4) is 0 Å². The molecule has 0 radical (unpaired) electrons. The molecule has 0 heterocycles. The van der Waals surface area contributed by atoms with E-state index in [0.29, 0.717) is 22.6 Å². The average molecular weight is 400 g/mol. The Morgan fingerprint density at radius 2 is 1.75 bits per heavy atom. The minimum Gasteiger partial charge on any atom is -0.443 e. The number of halogens is 1. The molecule has 0 spiro atoms. The largest absolute Gasteiger partial charge is 0.443 e. The second kappa shape index (κ2) is 8.15. The molecule has 6 heteroatoms. The van der Waals surface area contributed by atoms with Gasteiger partial charge in [-0.2, -0.15) is 0 Å². The third-order valence-electron chi connectivity index (χ3n) is 4.59. The van der Waals surface area contributed by atoms with E-state index in [2.05, 4.69) is 5.32 Å². The summed E-state index contributed by atoms with van der Waals surface area (Å²) in [5.41, 5.74) is 0.149. The second-order valence-corrected chi connectivity index (χ2v) is 8.02. The third-order valence-corrected chi connectivity index (χ3v) is 4.83. The van der Waals surface area contributed by atoms with Crippen molar-refractivity contribution >= 4 is 29.3 Å². The molecule has 0 aromatic heterocycles. The highest BCUT2D eigenvalue weighted by Gasteiger charge is 2.45. The van der Waals surface area contributed by atoms with Crippen molar-refractivity contribution in [2.24, 2.45) is 5.92 Å². The first-order chi connectivity index (χ1) is 13.2. The highest BCUT2D eigenvalue weighted by molar-refractivity contribution is 6.31. The molecule has 28 heavy (non-hydrogen) atoms. The normalized spacial score (nSPS) is 18.2. The first-order valence-corrected chi connectivity index (χ1v) is 9.50. The topological polar surface area (TPSA) is 72.5 Å². The summed E-state index contributed by atoms with van der Waals surface area (Å²) in [4.78, 5) is 37.0. The summed E-state index contributed by atoms with van der Waals surface area (Å²) in [5, 5.41) is 3.21. The van der Waals surface area contributed by atoms with Crippen molar-refractivity contribution in [3.05, 3.63) is 70.7 Å². The quantitative estimate of drug-likeness (QED) is 0.685. The zero-order valence-corrected chi connectivity index (χ0v) is 16.5. The van der Waals surface area contributed by atoms with Crippen molar-refractivity contribution in [2.45, 2.75) is 38.3 Å². The van der Waals surface area contributed by atoms with Gasteiger partial charge in [0.15, 0.2) is 11.6 Å². The Morgan fingerprint density at radius 1 is 1.07 bits per heavy atom. The summed E-state index contributed by atoms with van der Waals surface area (Å²) in [6.07, 6.45) is 0.00122. The predicted molar refractivity (Wildman–Crippen MR) is 107 cm³/mol. The van der Waals surface area contributed by atoms with Gasteiger partial charge in [-0.3, -0.25) is 9.59 Å². The van der Waals surface area contributed by atoms with E-state index in [0.717, 1.165) is 0 Å². The maximum absolute atomic E-state index is 12.4. The van der Waals surface area contributed by atoms with Crippen molar-refractivity contribution in [3.8, 4) is 0 Å². The lowest BCUT2D eigenvalue weighted by Gasteiger charge is -2.24. The standard InChI is InChI=1S/C22H22ClNO4/c1-22(2,13-19(25)14-7-4-3-5-8-14)28-21(27)24-18-12-17(18)20(26)15-9-6-10-16(23)11-15/h3-11,17-18H,12-13H2,1-2H3,(H,24,27). The van der Waals surface area contributed by atoms with Crippen molar-refractivity contribution in [2.75, 3.05) is 0 Å². The van der Waals surface area contributed by atoms with Crippen molar-refractivity contribution in [1.29, 1.82) is 0 Å². The van der Waals surface area contributed by atoms with Crippen LogP contribution in [0.1, 0.15) is 47.4 Å². The fourth-order valence-electron chi connectivity index (χ4n) is 3.08. The van der Waals surface area contributed by atoms with Crippen molar-refractivity contribution in [1.82, 2.24) is 5.32 Å². The molecule has 2 aromatic rings. The third kappa shape index (κ3) is 5.20. The van der Waals surface area contributed by atoms with Crippen LogP contribution in [0.5, 0.6) is 0 Å². The van der Waals surface area contributed by atoms with E-state index < -0.39 is 11.7 Å². The predicted octanol–water partition coefficient (Wildman–Crippen LogP) is 4.69. The Hall–Kier alpha value is -2.66. The lowest BCUT2D eigenvalue weighted by Crippen LogP contribution is -2.38. The van der Waals surface area contributed by atoms with Crippen LogP contribution in [-0.2, 0) is 4.74 Å². The first-order valence-electron chi connectivity index (χ1n) is 9.13. The molecule has 1 aliphatic rings. The molecule has 0 aliphatic heterocycles. The molecular formula is C22H22ClNO4. The fourth-order valence-corrected chi connectivity index (χ4v) is 3.27. The SMILES string of the molecule is CC(C)(CC(=O)c1ccccc1)OC(=O)NC1CC1C(=O)c1cccc(Cl)c1. The smallest absolute Gasteiger partial charge is 0.407 e. The van der Waals surface area contributed by atoms with Gasteiger partial charge in [0.25, 0.3) is 0 Å². The Morgan fingerprint density at radius 3 is 2.43 bits per heavy atom. The number of hydrogen-bond acceptors (Lipinski definition) is 4. The number of ketones is 2. The zero-order chi connectivity index (χ0) is 20.3. The van der Waals surface area contributed by atoms with E-state index in [4.69, 9.17) is 16.3 Å². The van der Waals surface area contributed by atoms with Gasteiger partial charge < -0.3 is 10.1 Å². The van der Waals surface area contributed by atoms with Gasteiger partial charge in [-0.05, 0) is 32.4 Å². The van der Waals surface area contributed by atoms with Gasteiger partial charge in [0.05, 0.1) is 6.42 Å². The van der Waals surface area contributed by atoms with E-state index >= 15 is 0 Å². The van der Waals surface area contributed by atoms with Crippen LogP contribution in [0.2, 0.25) is 5.02 Å². The summed E-state index contributed by atoms with van der Waals surface area (Å²) in [5.74, 6) is -0.426. The molecule has 1 aliphatic carbocycles. The monoisotopic (exact) mass is 399 g/mol. The van der Waals surface area contributed by atoms with Gasteiger partial charge in [0.1, 0.15) is 5.60 Å². The van der Waals surface area contributed by atoms with E-state index in [9.17, 15) is 14.4 Å². The maximum Gasteiger partial charge on any atom is 0.407 e. The number of nitrogens with one attached hydrogen (secondary N) is 1. The molecule has 1 fully saturated rings. The average Bonchev–Trinajstić information content (AvgIpc) is 3.39. The molecule has 2 atom stereocenters. The summed E-state index contributed by atoms with van der Waals surface area (Å²) in [6, 6.07) is 15.4. The molecule has 0 saturated heterocycles. The number of Topliss-reactive ketones (excluding diaryl/α,β-unsaturated/α-hetero) is 2. The molecule has 1 amide bonds. The van der Waals surface area contributed by atoms with Gasteiger partial charge in [-0.15, -0.1) is 0 Å². The molecule has 1 N–H and O–H groups in total. The number of carbonyl (C=O) groups is 3. The summed E-state index contributed by atoms with van der Waals surface area (Å²) < 4.78 is 5.43. The number of carbonyl (C=O) groups excluding carboxylic acids is 3. The van der Waals surface area contributed by atoms with E-state index in [1.54, 1.807) is 62.4 Å². The van der Waals surface area contributed by atoms with E-state index in [-0.39, 0.29) is 29.9 Å². The van der Waals surface area contributed by atoms with Crippen molar-refractivity contribution < 1.29 is 19.1 Å². The Balaban J connectivity index is 1.50. The number of hydrogen-bond donors (Lipinski definition) is 1. The molecular weight excluding hydrogens is 378 g/mol. The highest BCUT2D eigenvalue weighted by atomic mass is 35.5. The second-order valence-electron chi connectivity index (χ2n) is 7.58. The minimum atomic E-state index is -0.960. The van der Waals surface area contributed by atoms with Crippen LogP contribution in [-0.4, -0.2) is 29.3 Å². The van der Waals surface area contributed by atoms with Crippen LogP contribution in [0.25, 0.3) is 0 Å².